The topological polar surface area (TPSA) is 52.0 Å². The van der Waals surface area contributed by atoms with Crippen molar-refractivity contribution >= 4 is 11.8 Å². The highest BCUT2D eigenvalue weighted by Crippen LogP contribution is 2.06. The standard InChI is InChI=1S/C9H12N2/c10-7-1-2-8-3-5-9(11)6-4-8/h1-6H,7,10-11H2/b2-1+. The van der Waals surface area contributed by atoms with Crippen molar-refractivity contribution in [3.8, 4) is 0 Å². The summed E-state index contributed by atoms with van der Waals surface area (Å²) in [5.41, 5.74) is 12.7. The SMILES string of the molecule is NC/C=C/c1ccc(N)cc1. The summed E-state index contributed by atoms with van der Waals surface area (Å²) in [5.74, 6) is 0. The smallest absolute Gasteiger partial charge is 0.0314 e. The van der Waals surface area contributed by atoms with E-state index < -0.39 is 0 Å². The fourth-order valence-electron chi connectivity index (χ4n) is 0.811. The minimum atomic E-state index is 0.574. The molecule has 58 valence electrons. The van der Waals surface area contributed by atoms with Crippen LogP contribution in [0.4, 0.5) is 5.69 Å². The van der Waals surface area contributed by atoms with E-state index in [1.807, 2.05) is 36.4 Å². The van der Waals surface area contributed by atoms with E-state index in [1.165, 1.54) is 0 Å². The monoisotopic (exact) mass is 148 g/mol. The molecular formula is C9H12N2. The summed E-state index contributed by atoms with van der Waals surface area (Å²) < 4.78 is 0. The van der Waals surface area contributed by atoms with E-state index in [0.717, 1.165) is 11.3 Å². The molecule has 1 aromatic rings. The van der Waals surface area contributed by atoms with Crippen molar-refractivity contribution in [1.82, 2.24) is 0 Å². The Balaban J connectivity index is 2.73. The Morgan fingerprint density at radius 2 is 1.82 bits per heavy atom. The van der Waals surface area contributed by atoms with E-state index in [0.29, 0.717) is 6.54 Å². The Labute approximate surface area is 66.5 Å². The lowest BCUT2D eigenvalue weighted by Gasteiger charge is -1.93. The fourth-order valence-corrected chi connectivity index (χ4v) is 0.811. The maximum atomic E-state index is 5.51. The van der Waals surface area contributed by atoms with Crippen molar-refractivity contribution in [2.24, 2.45) is 5.73 Å². The lowest BCUT2D eigenvalue weighted by atomic mass is 10.2. The third-order valence-corrected chi connectivity index (χ3v) is 1.38. The van der Waals surface area contributed by atoms with Crippen LogP contribution in [0.3, 0.4) is 0 Å². The molecule has 0 saturated carbocycles. The lowest BCUT2D eigenvalue weighted by Crippen LogP contribution is -1.91. The van der Waals surface area contributed by atoms with Crippen LogP contribution in [0.2, 0.25) is 0 Å². The van der Waals surface area contributed by atoms with Gasteiger partial charge in [0.2, 0.25) is 0 Å². The van der Waals surface area contributed by atoms with Crippen LogP contribution in [-0.4, -0.2) is 6.54 Å². The number of benzene rings is 1. The predicted molar refractivity (Wildman–Crippen MR) is 48.9 cm³/mol. The first-order valence-electron chi connectivity index (χ1n) is 3.55. The first-order chi connectivity index (χ1) is 5.33. The van der Waals surface area contributed by atoms with Crippen LogP contribution in [0.5, 0.6) is 0 Å². The summed E-state index contributed by atoms with van der Waals surface area (Å²) in [5, 5.41) is 0. The van der Waals surface area contributed by atoms with Crippen LogP contribution >= 0.6 is 0 Å². The molecule has 0 unspecified atom stereocenters. The van der Waals surface area contributed by atoms with Crippen molar-refractivity contribution in [2.75, 3.05) is 12.3 Å². The molecule has 0 heterocycles. The van der Waals surface area contributed by atoms with Gasteiger partial charge in [0.25, 0.3) is 0 Å². The summed E-state index contributed by atoms with van der Waals surface area (Å²) in [6.07, 6.45) is 3.88. The van der Waals surface area contributed by atoms with Crippen LogP contribution in [0, 0.1) is 0 Å². The average Bonchev–Trinajstić information content (AvgIpc) is 2.04. The van der Waals surface area contributed by atoms with E-state index >= 15 is 0 Å². The van der Waals surface area contributed by atoms with Gasteiger partial charge in [-0.25, -0.2) is 0 Å². The Hall–Kier alpha value is -1.28. The van der Waals surface area contributed by atoms with E-state index in [9.17, 15) is 0 Å². The molecule has 0 spiro atoms. The molecule has 0 fully saturated rings. The Morgan fingerprint density at radius 1 is 1.18 bits per heavy atom. The van der Waals surface area contributed by atoms with Crippen molar-refractivity contribution < 1.29 is 0 Å². The van der Waals surface area contributed by atoms with Gasteiger partial charge < -0.3 is 11.5 Å². The quantitative estimate of drug-likeness (QED) is 0.620. The zero-order valence-electron chi connectivity index (χ0n) is 6.33. The largest absolute Gasteiger partial charge is 0.399 e. The highest BCUT2D eigenvalue weighted by molar-refractivity contribution is 5.53. The molecule has 0 radical (unpaired) electrons. The van der Waals surface area contributed by atoms with Gasteiger partial charge in [0, 0.05) is 12.2 Å². The molecular weight excluding hydrogens is 136 g/mol. The molecule has 0 saturated heterocycles. The zero-order chi connectivity index (χ0) is 8.10. The highest BCUT2D eigenvalue weighted by atomic mass is 14.5. The number of nitrogens with two attached hydrogens (primary N) is 2. The molecule has 1 aromatic carbocycles. The lowest BCUT2D eigenvalue weighted by molar-refractivity contribution is 1.26. The average molecular weight is 148 g/mol. The van der Waals surface area contributed by atoms with Crippen LogP contribution in [0.25, 0.3) is 6.08 Å². The maximum absolute atomic E-state index is 5.51. The normalized spacial score (nSPS) is 10.6. The van der Waals surface area contributed by atoms with Gasteiger partial charge in [0.1, 0.15) is 0 Å². The summed E-state index contributed by atoms with van der Waals surface area (Å²) in [6.45, 7) is 0.574. The first kappa shape index (κ1) is 7.82. The van der Waals surface area contributed by atoms with Gasteiger partial charge in [0.05, 0.1) is 0 Å². The molecule has 0 aliphatic carbocycles. The third-order valence-electron chi connectivity index (χ3n) is 1.38. The fraction of sp³-hybridized carbons (Fsp3) is 0.111. The third kappa shape index (κ3) is 2.43. The predicted octanol–water partition coefficient (Wildman–Crippen LogP) is 1.24. The van der Waals surface area contributed by atoms with Gasteiger partial charge in [-0.05, 0) is 17.7 Å². The van der Waals surface area contributed by atoms with Crippen LogP contribution < -0.4 is 11.5 Å². The number of anilines is 1. The van der Waals surface area contributed by atoms with Gasteiger partial charge >= 0.3 is 0 Å². The summed E-state index contributed by atoms with van der Waals surface area (Å²) >= 11 is 0. The van der Waals surface area contributed by atoms with E-state index in [2.05, 4.69) is 0 Å². The van der Waals surface area contributed by atoms with Gasteiger partial charge in [-0.2, -0.15) is 0 Å². The maximum Gasteiger partial charge on any atom is 0.0314 e. The minimum Gasteiger partial charge on any atom is -0.399 e. The number of hydrogen-bond acceptors (Lipinski definition) is 2. The van der Waals surface area contributed by atoms with Gasteiger partial charge in [0.15, 0.2) is 0 Å². The van der Waals surface area contributed by atoms with Gasteiger partial charge in [-0.1, -0.05) is 24.3 Å². The number of rotatable bonds is 2. The zero-order valence-corrected chi connectivity index (χ0v) is 6.33. The second kappa shape index (κ2) is 3.78. The van der Waals surface area contributed by atoms with Crippen molar-refractivity contribution in [2.45, 2.75) is 0 Å². The molecule has 0 aromatic heterocycles. The summed E-state index contributed by atoms with van der Waals surface area (Å²) in [6, 6.07) is 7.66. The highest BCUT2D eigenvalue weighted by Gasteiger charge is 1.84. The summed E-state index contributed by atoms with van der Waals surface area (Å²) in [4.78, 5) is 0. The van der Waals surface area contributed by atoms with Crippen LogP contribution in [0.1, 0.15) is 5.56 Å². The molecule has 0 aliphatic rings. The molecule has 4 N–H and O–H groups in total. The first-order valence-corrected chi connectivity index (χ1v) is 3.55. The second-order valence-electron chi connectivity index (χ2n) is 2.30. The minimum absolute atomic E-state index is 0.574. The van der Waals surface area contributed by atoms with Crippen LogP contribution in [-0.2, 0) is 0 Å². The van der Waals surface area contributed by atoms with Crippen molar-refractivity contribution in [3.63, 3.8) is 0 Å². The summed E-state index contributed by atoms with van der Waals surface area (Å²) in [7, 11) is 0. The van der Waals surface area contributed by atoms with E-state index in [4.69, 9.17) is 11.5 Å². The number of nitrogen functional groups attached to an aromatic ring is 1. The Kier molecular flexibility index (Phi) is 2.69. The Bertz CT molecular complexity index is 236. The molecule has 0 amide bonds. The Morgan fingerprint density at radius 3 is 2.36 bits per heavy atom. The molecule has 0 aliphatic heterocycles. The van der Waals surface area contributed by atoms with E-state index in [-0.39, 0.29) is 0 Å². The van der Waals surface area contributed by atoms with Crippen LogP contribution in [0.15, 0.2) is 30.3 Å². The molecule has 0 atom stereocenters. The molecule has 2 nitrogen and oxygen atoms in total. The van der Waals surface area contributed by atoms with Crippen molar-refractivity contribution in [1.29, 1.82) is 0 Å². The van der Waals surface area contributed by atoms with Gasteiger partial charge in [-0.3, -0.25) is 0 Å². The number of hydrogen-bond donors (Lipinski definition) is 2. The van der Waals surface area contributed by atoms with Crippen molar-refractivity contribution in [3.05, 3.63) is 35.9 Å². The molecule has 11 heavy (non-hydrogen) atoms. The van der Waals surface area contributed by atoms with Gasteiger partial charge in [-0.15, -0.1) is 0 Å². The molecule has 2 heteroatoms. The second-order valence-corrected chi connectivity index (χ2v) is 2.30. The van der Waals surface area contributed by atoms with E-state index in [1.54, 1.807) is 0 Å². The molecule has 1 rings (SSSR count). The molecule has 0 bridgehead atoms.